The minimum atomic E-state index is -0.192. The zero-order valence-electron chi connectivity index (χ0n) is 10.6. The summed E-state index contributed by atoms with van der Waals surface area (Å²) in [5.74, 6) is -0.236. The summed E-state index contributed by atoms with van der Waals surface area (Å²) >= 11 is 6.66. The van der Waals surface area contributed by atoms with Crippen molar-refractivity contribution in [2.24, 2.45) is 0 Å². The second kappa shape index (κ2) is 8.32. The number of benzene rings is 1. The Bertz CT molecular complexity index is 464. The number of carbonyl (C=O) groups excluding carboxylic acids is 2. The van der Waals surface area contributed by atoms with Crippen LogP contribution in [0.5, 0.6) is 0 Å². The molecule has 0 fully saturated rings. The summed E-state index contributed by atoms with van der Waals surface area (Å²) in [5.41, 5.74) is 0.553. The van der Waals surface area contributed by atoms with Crippen LogP contribution in [0.25, 0.3) is 0 Å². The highest BCUT2D eigenvalue weighted by Gasteiger charge is 2.10. The molecule has 2 amide bonds. The quantitative estimate of drug-likeness (QED) is 0.783. The fraction of sp³-hybridized carbons (Fsp3) is 0.385. The van der Waals surface area contributed by atoms with Gasteiger partial charge in [-0.2, -0.15) is 0 Å². The van der Waals surface area contributed by atoms with Crippen molar-refractivity contribution in [3.63, 3.8) is 0 Å². The van der Waals surface area contributed by atoms with Gasteiger partial charge < -0.3 is 10.6 Å². The first-order valence-corrected chi connectivity index (χ1v) is 7.63. The van der Waals surface area contributed by atoms with Crippen LogP contribution < -0.4 is 10.6 Å². The molecular formula is C13H16Br2N2O2. The summed E-state index contributed by atoms with van der Waals surface area (Å²) in [5, 5.41) is 5.48. The van der Waals surface area contributed by atoms with Crippen LogP contribution in [0.1, 0.15) is 30.1 Å². The molecule has 1 rings (SSSR count). The molecule has 0 heterocycles. The molecule has 0 radical (unpaired) electrons. The molecule has 0 aliphatic carbocycles. The van der Waals surface area contributed by atoms with Gasteiger partial charge in [0.1, 0.15) is 0 Å². The highest BCUT2D eigenvalue weighted by molar-refractivity contribution is 9.11. The van der Waals surface area contributed by atoms with Gasteiger partial charge in [-0.1, -0.05) is 22.9 Å². The van der Waals surface area contributed by atoms with E-state index in [1.807, 2.05) is 13.0 Å². The number of nitrogens with one attached hydrogen (secondary N) is 2. The van der Waals surface area contributed by atoms with E-state index in [1.54, 1.807) is 12.1 Å². The lowest BCUT2D eigenvalue weighted by atomic mass is 10.2. The number of amides is 2. The van der Waals surface area contributed by atoms with Gasteiger partial charge >= 0.3 is 0 Å². The van der Waals surface area contributed by atoms with E-state index in [0.29, 0.717) is 25.1 Å². The van der Waals surface area contributed by atoms with Crippen molar-refractivity contribution in [3.8, 4) is 0 Å². The van der Waals surface area contributed by atoms with Gasteiger partial charge in [-0.15, -0.1) is 0 Å². The lowest BCUT2D eigenvalue weighted by Crippen LogP contribution is -2.31. The smallest absolute Gasteiger partial charge is 0.252 e. The summed E-state index contributed by atoms with van der Waals surface area (Å²) in [6, 6.07) is 5.33. The fourth-order valence-corrected chi connectivity index (χ4v) is 2.64. The lowest BCUT2D eigenvalue weighted by Gasteiger charge is -2.07. The third-order valence-corrected chi connectivity index (χ3v) is 3.53. The van der Waals surface area contributed by atoms with Crippen molar-refractivity contribution >= 4 is 43.7 Å². The van der Waals surface area contributed by atoms with Gasteiger partial charge in [0, 0.05) is 28.5 Å². The van der Waals surface area contributed by atoms with Gasteiger partial charge in [0.2, 0.25) is 5.91 Å². The zero-order chi connectivity index (χ0) is 14.3. The largest absolute Gasteiger partial charge is 0.356 e. The van der Waals surface area contributed by atoms with Crippen LogP contribution >= 0.6 is 31.9 Å². The number of halogens is 2. The molecular weight excluding hydrogens is 376 g/mol. The fourth-order valence-electron chi connectivity index (χ4n) is 1.41. The van der Waals surface area contributed by atoms with Crippen molar-refractivity contribution in [2.45, 2.75) is 19.8 Å². The molecule has 0 aromatic heterocycles. The summed E-state index contributed by atoms with van der Waals surface area (Å²) < 4.78 is 1.62. The Morgan fingerprint density at radius 3 is 2.53 bits per heavy atom. The highest BCUT2D eigenvalue weighted by atomic mass is 79.9. The van der Waals surface area contributed by atoms with Crippen LogP contribution in [0.4, 0.5) is 0 Å². The number of rotatable bonds is 6. The average molecular weight is 392 g/mol. The van der Waals surface area contributed by atoms with Gasteiger partial charge in [0.25, 0.3) is 5.91 Å². The van der Waals surface area contributed by atoms with Crippen molar-refractivity contribution < 1.29 is 9.59 Å². The van der Waals surface area contributed by atoms with Gasteiger partial charge in [0.15, 0.2) is 0 Å². The van der Waals surface area contributed by atoms with E-state index in [1.165, 1.54) is 0 Å². The van der Waals surface area contributed by atoms with Crippen molar-refractivity contribution in [3.05, 3.63) is 32.7 Å². The third kappa shape index (κ3) is 5.74. The first-order chi connectivity index (χ1) is 9.04. The Morgan fingerprint density at radius 2 is 1.89 bits per heavy atom. The van der Waals surface area contributed by atoms with Gasteiger partial charge in [-0.25, -0.2) is 0 Å². The molecule has 0 saturated carbocycles. The first kappa shape index (κ1) is 16.2. The van der Waals surface area contributed by atoms with Crippen LogP contribution in [0.15, 0.2) is 27.1 Å². The predicted octanol–water partition coefficient (Wildman–Crippen LogP) is 2.86. The van der Waals surface area contributed by atoms with Crippen LogP contribution in [0.3, 0.4) is 0 Å². The van der Waals surface area contributed by atoms with E-state index in [2.05, 4.69) is 42.5 Å². The number of hydrogen-bond donors (Lipinski definition) is 2. The molecule has 0 unspecified atom stereocenters. The molecule has 2 N–H and O–H groups in total. The molecule has 0 atom stereocenters. The Kier molecular flexibility index (Phi) is 7.09. The molecule has 104 valence electrons. The third-order valence-electron chi connectivity index (χ3n) is 2.39. The number of hydrogen-bond acceptors (Lipinski definition) is 2. The van der Waals surface area contributed by atoms with Crippen LogP contribution in [0, 0.1) is 0 Å². The summed E-state index contributed by atoms with van der Waals surface area (Å²) in [7, 11) is 0. The normalized spacial score (nSPS) is 10.1. The van der Waals surface area contributed by atoms with Gasteiger partial charge in [-0.05, 0) is 40.5 Å². The van der Waals surface area contributed by atoms with Crippen molar-refractivity contribution in [1.29, 1.82) is 0 Å². The van der Waals surface area contributed by atoms with Crippen LogP contribution in [-0.2, 0) is 4.79 Å². The topological polar surface area (TPSA) is 58.2 Å². The SMILES string of the molecule is CCCNC(=O)CCNC(=O)c1ccc(Br)cc1Br. The molecule has 6 heteroatoms. The van der Waals surface area contributed by atoms with Crippen molar-refractivity contribution in [2.75, 3.05) is 13.1 Å². The molecule has 0 spiro atoms. The number of carbonyl (C=O) groups is 2. The Balaban J connectivity index is 2.41. The highest BCUT2D eigenvalue weighted by Crippen LogP contribution is 2.21. The second-order valence-electron chi connectivity index (χ2n) is 3.98. The van der Waals surface area contributed by atoms with E-state index < -0.39 is 0 Å². The van der Waals surface area contributed by atoms with Gasteiger partial charge in [-0.3, -0.25) is 9.59 Å². The van der Waals surface area contributed by atoms with E-state index in [9.17, 15) is 9.59 Å². The Labute approximate surface area is 129 Å². The molecule has 0 aliphatic rings. The zero-order valence-corrected chi connectivity index (χ0v) is 13.8. The van der Waals surface area contributed by atoms with E-state index in [0.717, 1.165) is 15.4 Å². The molecule has 19 heavy (non-hydrogen) atoms. The maximum atomic E-state index is 11.9. The second-order valence-corrected chi connectivity index (χ2v) is 5.75. The molecule has 4 nitrogen and oxygen atoms in total. The summed E-state index contributed by atoms with van der Waals surface area (Å²) in [6.45, 7) is 3.00. The van der Waals surface area contributed by atoms with Gasteiger partial charge in [0.05, 0.1) is 5.56 Å². The van der Waals surface area contributed by atoms with E-state index in [4.69, 9.17) is 0 Å². The Hall–Kier alpha value is -0.880. The average Bonchev–Trinajstić information content (AvgIpc) is 2.36. The minimum Gasteiger partial charge on any atom is -0.356 e. The monoisotopic (exact) mass is 390 g/mol. The first-order valence-electron chi connectivity index (χ1n) is 6.04. The molecule has 1 aromatic carbocycles. The molecule has 0 bridgehead atoms. The lowest BCUT2D eigenvalue weighted by molar-refractivity contribution is -0.120. The van der Waals surface area contributed by atoms with E-state index in [-0.39, 0.29) is 11.8 Å². The summed E-state index contributed by atoms with van der Waals surface area (Å²) in [6.07, 6.45) is 1.20. The maximum Gasteiger partial charge on any atom is 0.252 e. The summed E-state index contributed by atoms with van der Waals surface area (Å²) in [4.78, 5) is 23.2. The molecule has 1 aromatic rings. The predicted molar refractivity (Wildman–Crippen MR) is 82.1 cm³/mol. The Morgan fingerprint density at radius 1 is 1.16 bits per heavy atom. The van der Waals surface area contributed by atoms with Crippen LogP contribution in [0.2, 0.25) is 0 Å². The van der Waals surface area contributed by atoms with Crippen LogP contribution in [-0.4, -0.2) is 24.9 Å². The van der Waals surface area contributed by atoms with E-state index >= 15 is 0 Å². The standard InChI is InChI=1S/C13H16Br2N2O2/c1-2-6-16-12(18)5-7-17-13(19)10-4-3-9(14)8-11(10)15/h3-4,8H,2,5-7H2,1H3,(H,16,18)(H,17,19). The molecule has 0 aliphatic heterocycles. The maximum absolute atomic E-state index is 11.9. The molecule has 0 saturated heterocycles. The minimum absolute atomic E-state index is 0.0444. The van der Waals surface area contributed by atoms with Crippen molar-refractivity contribution in [1.82, 2.24) is 10.6 Å².